The highest BCUT2D eigenvalue weighted by molar-refractivity contribution is 5.97. The van der Waals surface area contributed by atoms with E-state index in [1.807, 2.05) is 0 Å². The fraction of sp³-hybridized carbons (Fsp3) is 0.600. The van der Waals surface area contributed by atoms with Crippen molar-refractivity contribution in [3.05, 3.63) is 34.9 Å². The van der Waals surface area contributed by atoms with E-state index in [4.69, 9.17) is 4.74 Å². The molecule has 2 aliphatic rings. The first-order chi connectivity index (χ1) is 10.8. The van der Waals surface area contributed by atoms with Crippen molar-refractivity contribution in [2.24, 2.45) is 17.8 Å². The van der Waals surface area contributed by atoms with Crippen molar-refractivity contribution >= 4 is 11.9 Å². The van der Waals surface area contributed by atoms with Gasteiger partial charge >= 0.3 is 11.9 Å². The van der Waals surface area contributed by atoms with E-state index in [0.29, 0.717) is 18.8 Å². The van der Waals surface area contributed by atoms with E-state index in [-0.39, 0.29) is 29.2 Å². The van der Waals surface area contributed by atoms with Crippen LogP contribution < -0.4 is 0 Å². The molecule has 1 fully saturated rings. The Bertz CT molecular complexity index is 644. The van der Waals surface area contributed by atoms with Crippen molar-refractivity contribution in [3.8, 4) is 0 Å². The number of esters is 2. The monoisotopic (exact) mass is 314 g/mol. The molecule has 3 nitrogen and oxygen atoms in total. The zero-order chi connectivity index (χ0) is 16.8. The quantitative estimate of drug-likeness (QED) is 0.627. The lowest BCUT2D eigenvalue weighted by atomic mass is 9.69. The summed E-state index contributed by atoms with van der Waals surface area (Å²) >= 11 is 0. The smallest absolute Gasteiger partial charge is 0.317 e. The van der Waals surface area contributed by atoms with E-state index >= 15 is 0 Å². The van der Waals surface area contributed by atoms with Crippen molar-refractivity contribution in [1.29, 1.82) is 0 Å². The first-order valence-corrected chi connectivity index (χ1v) is 8.70. The van der Waals surface area contributed by atoms with Crippen LogP contribution in [0.3, 0.4) is 0 Å². The van der Waals surface area contributed by atoms with Crippen LogP contribution in [0.25, 0.3) is 0 Å². The second-order valence-corrected chi connectivity index (χ2v) is 7.91. The highest BCUT2D eigenvalue weighted by Crippen LogP contribution is 2.42. The van der Waals surface area contributed by atoms with E-state index in [1.54, 1.807) is 0 Å². The average Bonchev–Trinajstić information content (AvgIpc) is 2.78. The lowest BCUT2D eigenvalue weighted by Gasteiger charge is -2.34. The third-order valence-corrected chi connectivity index (χ3v) is 5.71. The second kappa shape index (κ2) is 5.77. The molecule has 23 heavy (non-hydrogen) atoms. The SMILES string of the molecule is CCC(C)CC(C)(C)c1cccc2c1CC1C(=O)OC(=O)C1C2. The maximum atomic E-state index is 12.0. The highest BCUT2D eigenvalue weighted by atomic mass is 16.6. The molecule has 0 spiro atoms. The molecular weight excluding hydrogens is 288 g/mol. The molecule has 0 N–H and O–H groups in total. The fourth-order valence-electron chi connectivity index (χ4n) is 4.31. The van der Waals surface area contributed by atoms with Gasteiger partial charge in [0.2, 0.25) is 0 Å². The number of hydrogen-bond acceptors (Lipinski definition) is 3. The summed E-state index contributed by atoms with van der Waals surface area (Å²) in [6, 6.07) is 6.39. The summed E-state index contributed by atoms with van der Waals surface area (Å²) in [5, 5.41) is 0. The molecule has 3 heteroatoms. The summed E-state index contributed by atoms with van der Waals surface area (Å²) in [5.74, 6) is -0.566. The largest absolute Gasteiger partial charge is 0.393 e. The van der Waals surface area contributed by atoms with Gasteiger partial charge in [-0.25, -0.2) is 0 Å². The van der Waals surface area contributed by atoms with Crippen LogP contribution in [-0.2, 0) is 32.6 Å². The minimum atomic E-state index is -0.338. The molecule has 1 heterocycles. The highest BCUT2D eigenvalue weighted by Gasteiger charge is 2.47. The summed E-state index contributed by atoms with van der Waals surface area (Å²) < 4.78 is 4.87. The maximum absolute atomic E-state index is 12.0. The summed E-state index contributed by atoms with van der Waals surface area (Å²) in [5.41, 5.74) is 3.89. The van der Waals surface area contributed by atoms with Gasteiger partial charge in [-0.3, -0.25) is 9.59 Å². The Labute approximate surface area is 138 Å². The average molecular weight is 314 g/mol. The molecule has 0 radical (unpaired) electrons. The lowest BCUT2D eigenvalue weighted by Crippen LogP contribution is -2.31. The summed E-state index contributed by atoms with van der Waals surface area (Å²) in [4.78, 5) is 23.8. The molecule has 0 saturated carbocycles. The van der Waals surface area contributed by atoms with Gasteiger partial charge in [0.1, 0.15) is 0 Å². The molecule has 124 valence electrons. The van der Waals surface area contributed by atoms with E-state index in [9.17, 15) is 9.59 Å². The topological polar surface area (TPSA) is 43.4 Å². The molecule has 0 amide bonds. The molecule has 1 aliphatic carbocycles. The maximum Gasteiger partial charge on any atom is 0.317 e. The van der Waals surface area contributed by atoms with Crippen LogP contribution in [0.15, 0.2) is 18.2 Å². The summed E-state index contributed by atoms with van der Waals surface area (Å²) in [6.07, 6.45) is 3.57. The van der Waals surface area contributed by atoms with Crippen molar-refractivity contribution in [3.63, 3.8) is 0 Å². The van der Waals surface area contributed by atoms with Gasteiger partial charge in [-0.15, -0.1) is 0 Å². The van der Waals surface area contributed by atoms with Gasteiger partial charge in [0.15, 0.2) is 0 Å². The van der Waals surface area contributed by atoms with Gasteiger partial charge in [0, 0.05) is 0 Å². The zero-order valence-electron chi connectivity index (χ0n) is 14.5. The Balaban J connectivity index is 1.97. The minimum absolute atomic E-state index is 0.0696. The molecule has 1 aromatic carbocycles. The fourth-order valence-corrected chi connectivity index (χ4v) is 4.31. The van der Waals surface area contributed by atoms with Gasteiger partial charge in [-0.05, 0) is 47.3 Å². The summed E-state index contributed by atoms with van der Waals surface area (Å²) in [6.45, 7) is 9.10. The Morgan fingerprint density at radius 3 is 2.48 bits per heavy atom. The second-order valence-electron chi connectivity index (χ2n) is 7.91. The number of carbonyl (C=O) groups excluding carboxylic acids is 2. The summed E-state index contributed by atoms with van der Waals surface area (Å²) in [7, 11) is 0. The van der Waals surface area contributed by atoms with Gasteiger partial charge in [0.05, 0.1) is 11.8 Å². The first kappa shape index (κ1) is 16.2. The zero-order valence-corrected chi connectivity index (χ0v) is 14.5. The van der Waals surface area contributed by atoms with Crippen LogP contribution in [0.2, 0.25) is 0 Å². The molecule has 1 aliphatic heterocycles. The van der Waals surface area contributed by atoms with Gasteiger partial charge in [0.25, 0.3) is 0 Å². The molecule has 0 bridgehead atoms. The van der Waals surface area contributed by atoms with Crippen LogP contribution in [0, 0.1) is 17.8 Å². The molecule has 3 atom stereocenters. The van der Waals surface area contributed by atoms with E-state index in [1.165, 1.54) is 23.1 Å². The first-order valence-electron chi connectivity index (χ1n) is 8.70. The normalized spacial score (nSPS) is 24.9. The molecule has 0 aromatic heterocycles. The van der Waals surface area contributed by atoms with Gasteiger partial charge in [-0.2, -0.15) is 0 Å². The predicted octanol–water partition coefficient (Wildman–Crippen LogP) is 3.81. The van der Waals surface area contributed by atoms with Crippen LogP contribution in [-0.4, -0.2) is 11.9 Å². The third kappa shape index (κ3) is 2.82. The van der Waals surface area contributed by atoms with Crippen LogP contribution in [0.5, 0.6) is 0 Å². The van der Waals surface area contributed by atoms with Gasteiger partial charge in [-0.1, -0.05) is 52.3 Å². The van der Waals surface area contributed by atoms with E-state index < -0.39 is 0 Å². The molecular formula is C20H26O3. The molecule has 3 unspecified atom stereocenters. The number of carbonyl (C=O) groups is 2. The van der Waals surface area contributed by atoms with Crippen molar-refractivity contribution in [1.82, 2.24) is 0 Å². The number of ether oxygens (including phenoxy) is 1. The number of hydrogen-bond donors (Lipinski definition) is 0. The van der Waals surface area contributed by atoms with E-state index in [2.05, 4.69) is 45.9 Å². The number of fused-ring (bicyclic) bond motifs is 2. The Morgan fingerprint density at radius 2 is 1.83 bits per heavy atom. The van der Waals surface area contributed by atoms with Crippen molar-refractivity contribution in [2.75, 3.05) is 0 Å². The Hall–Kier alpha value is -1.64. The Kier molecular flexibility index (Phi) is 4.07. The third-order valence-electron chi connectivity index (χ3n) is 5.71. The standard InChI is InChI=1S/C20H26O3/c1-5-12(2)11-20(3,4)17-8-6-7-13-9-15-16(10-14(13)17)19(22)23-18(15)21/h6-8,12,15-16H,5,9-11H2,1-4H3. The number of benzene rings is 1. The van der Waals surface area contributed by atoms with Gasteiger partial charge < -0.3 is 4.74 Å². The number of cyclic esters (lactones) is 2. The van der Waals surface area contributed by atoms with Crippen molar-refractivity contribution in [2.45, 2.75) is 58.8 Å². The van der Waals surface area contributed by atoms with Crippen LogP contribution in [0.1, 0.15) is 57.2 Å². The minimum Gasteiger partial charge on any atom is -0.393 e. The molecule has 3 rings (SSSR count). The van der Waals surface area contributed by atoms with E-state index in [0.717, 1.165) is 6.42 Å². The number of rotatable bonds is 4. The van der Waals surface area contributed by atoms with Crippen molar-refractivity contribution < 1.29 is 14.3 Å². The van der Waals surface area contributed by atoms with Crippen LogP contribution in [0.4, 0.5) is 0 Å². The molecule has 1 saturated heterocycles. The predicted molar refractivity (Wildman–Crippen MR) is 89.0 cm³/mol. The Morgan fingerprint density at radius 1 is 1.17 bits per heavy atom. The molecule has 1 aromatic rings. The lowest BCUT2D eigenvalue weighted by molar-refractivity contribution is -0.153. The van der Waals surface area contributed by atoms with Crippen LogP contribution >= 0.6 is 0 Å².